The van der Waals surface area contributed by atoms with Gasteiger partial charge in [0.2, 0.25) is 0 Å². The topological polar surface area (TPSA) is 41.3 Å². The fourth-order valence-corrected chi connectivity index (χ4v) is 3.88. The van der Waals surface area contributed by atoms with Crippen LogP contribution in [-0.2, 0) is 6.54 Å². The molecule has 148 valence electrons. The van der Waals surface area contributed by atoms with E-state index in [9.17, 15) is 0 Å². The quantitative estimate of drug-likeness (QED) is 0.616. The Kier molecular flexibility index (Phi) is 6.94. The molecule has 0 atom stereocenters. The molecule has 1 aliphatic carbocycles. The number of nitrogens with one attached hydrogen (secondary N) is 1. The zero-order valence-electron chi connectivity index (χ0n) is 17.1. The summed E-state index contributed by atoms with van der Waals surface area (Å²) < 4.78 is 0. The van der Waals surface area contributed by atoms with Crippen molar-refractivity contribution in [2.45, 2.75) is 38.6 Å². The summed E-state index contributed by atoms with van der Waals surface area (Å²) >= 11 is 0. The number of rotatable bonds is 8. The number of allylic oxidation sites excluding steroid dienone is 1. The van der Waals surface area contributed by atoms with E-state index in [1.54, 1.807) is 0 Å². The minimum atomic E-state index is 0.483. The molecule has 0 heterocycles. The SMILES string of the molecule is C=C(Nc1ccc(-c2cccc(CN(C)C(=C)CN)c2)cc1)C1CCCCC1. The van der Waals surface area contributed by atoms with Crippen LogP contribution >= 0.6 is 0 Å². The molecule has 1 fully saturated rings. The highest BCUT2D eigenvalue weighted by Crippen LogP contribution is 2.30. The molecule has 0 aliphatic heterocycles. The van der Waals surface area contributed by atoms with Gasteiger partial charge in [0.25, 0.3) is 0 Å². The van der Waals surface area contributed by atoms with E-state index in [0.717, 1.165) is 23.6 Å². The molecule has 0 aromatic heterocycles. The van der Waals surface area contributed by atoms with Gasteiger partial charge < -0.3 is 16.0 Å². The van der Waals surface area contributed by atoms with E-state index >= 15 is 0 Å². The summed E-state index contributed by atoms with van der Waals surface area (Å²) in [7, 11) is 2.03. The first kappa shape index (κ1) is 20.2. The van der Waals surface area contributed by atoms with Crippen LogP contribution < -0.4 is 11.1 Å². The Morgan fingerprint density at radius 1 is 1.04 bits per heavy atom. The smallest absolute Gasteiger partial charge is 0.0423 e. The number of likely N-dealkylation sites (N-methyl/N-ethyl adjacent to an activating group) is 1. The van der Waals surface area contributed by atoms with E-state index in [2.05, 4.69) is 71.9 Å². The van der Waals surface area contributed by atoms with Crippen molar-refractivity contribution in [1.82, 2.24) is 4.90 Å². The van der Waals surface area contributed by atoms with Crippen molar-refractivity contribution in [3.8, 4) is 11.1 Å². The lowest BCUT2D eigenvalue weighted by atomic mass is 9.87. The lowest BCUT2D eigenvalue weighted by Crippen LogP contribution is -2.22. The second-order valence-corrected chi connectivity index (χ2v) is 7.89. The third-order valence-electron chi connectivity index (χ3n) is 5.74. The highest BCUT2D eigenvalue weighted by atomic mass is 15.1. The lowest BCUT2D eigenvalue weighted by Gasteiger charge is -2.24. The average Bonchev–Trinajstić information content (AvgIpc) is 2.74. The Bertz CT molecular complexity index is 801. The average molecular weight is 376 g/mol. The highest BCUT2D eigenvalue weighted by Gasteiger charge is 2.16. The van der Waals surface area contributed by atoms with Gasteiger partial charge in [0, 0.05) is 37.2 Å². The molecule has 0 bridgehead atoms. The molecule has 2 aromatic rings. The summed E-state index contributed by atoms with van der Waals surface area (Å²) in [4.78, 5) is 2.10. The van der Waals surface area contributed by atoms with Crippen LogP contribution in [0.25, 0.3) is 11.1 Å². The molecular formula is C25H33N3. The van der Waals surface area contributed by atoms with Crippen molar-refractivity contribution in [3.63, 3.8) is 0 Å². The van der Waals surface area contributed by atoms with Gasteiger partial charge in [-0.25, -0.2) is 0 Å². The van der Waals surface area contributed by atoms with Crippen LogP contribution in [0.2, 0.25) is 0 Å². The Balaban J connectivity index is 1.65. The molecule has 0 radical (unpaired) electrons. The number of anilines is 1. The molecule has 3 nitrogen and oxygen atoms in total. The largest absolute Gasteiger partial charge is 0.373 e. The first-order chi connectivity index (χ1) is 13.6. The van der Waals surface area contributed by atoms with E-state index in [1.165, 1.54) is 48.8 Å². The van der Waals surface area contributed by atoms with E-state index < -0.39 is 0 Å². The number of benzene rings is 2. The predicted molar refractivity (Wildman–Crippen MR) is 121 cm³/mol. The van der Waals surface area contributed by atoms with Crippen LogP contribution in [0, 0.1) is 5.92 Å². The molecule has 3 rings (SSSR count). The standard InChI is InChI=1S/C25H33N3/c1-19(17-26)28(3)18-21-8-7-11-24(16-21)23-12-14-25(15-13-23)27-20(2)22-9-5-4-6-10-22/h7-8,11-16,22,27H,1-2,4-6,9-10,17-18,26H2,3H3. The Hall–Kier alpha value is -2.52. The molecule has 0 spiro atoms. The van der Waals surface area contributed by atoms with Gasteiger partial charge in [0.1, 0.15) is 0 Å². The summed E-state index contributed by atoms with van der Waals surface area (Å²) in [5, 5.41) is 3.52. The van der Waals surface area contributed by atoms with Crippen molar-refractivity contribution in [1.29, 1.82) is 0 Å². The summed E-state index contributed by atoms with van der Waals surface area (Å²) in [5.74, 6) is 0.616. The van der Waals surface area contributed by atoms with Crippen LogP contribution in [0.4, 0.5) is 5.69 Å². The van der Waals surface area contributed by atoms with Crippen molar-refractivity contribution >= 4 is 5.69 Å². The Morgan fingerprint density at radius 3 is 2.43 bits per heavy atom. The Labute approximate surface area is 169 Å². The molecule has 28 heavy (non-hydrogen) atoms. The molecule has 0 amide bonds. The molecule has 3 heteroatoms. The monoisotopic (exact) mass is 375 g/mol. The normalized spacial score (nSPS) is 14.5. The summed E-state index contributed by atoms with van der Waals surface area (Å²) in [6.45, 7) is 9.58. The molecule has 3 N–H and O–H groups in total. The van der Waals surface area contributed by atoms with Crippen molar-refractivity contribution in [2.24, 2.45) is 11.7 Å². The maximum atomic E-state index is 5.69. The fourth-order valence-electron chi connectivity index (χ4n) is 3.88. The van der Waals surface area contributed by atoms with Crippen LogP contribution in [0.5, 0.6) is 0 Å². The molecule has 0 saturated heterocycles. The van der Waals surface area contributed by atoms with Crippen LogP contribution in [0.15, 0.2) is 73.1 Å². The van der Waals surface area contributed by atoms with Gasteiger partial charge in [0.15, 0.2) is 0 Å². The van der Waals surface area contributed by atoms with Gasteiger partial charge in [-0.15, -0.1) is 0 Å². The third-order valence-corrected chi connectivity index (χ3v) is 5.74. The Morgan fingerprint density at radius 2 is 1.75 bits per heavy atom. The lowest BCUT2D eigenvalue weighted by molar-refractivity contribution is 0.405. The minimum absolute atomic E-state index is 0.483. The fraction of sp³-hybridized carbons (Fsp3) is 0.360. The number of hydrogen-bond donors (Lipinski definition) is 2. The summed E-state index contributed by atoms with van der Waals surface area (Å²) in [5.41, 5.74) is 12.6. The summed E-state index contributed by atoms with van der Waals surface area (Å²) in [6.07, 6.45) is 6.56. The molecule has 1 aliphatic rings. The highest BCUT2D eigenvalue weighted by molar-refractivity contribution is 5.67. The molecule has 0 unspecified atom stereocenters. The molecule has 2 aromatic carbocycles. The zero-order chi connectivity index (χ0) is 19.9. The van der Waals surface area contributed by atoms with Gasteiger partial charge in [0.05, 0.1) is 0 Å². The summed E-state index contributed by atoms with van der Waals surface area (Å²) in [6, 6.07) is 17.3. The van der Waals surface area contributed by atoms with Crippen LogP contribution in [0.1, 0.15) is 37.7 Å². The van der Waals surface area contributed by atoms with E-state index in [1.807, 2.05) is 7.05 Å². The third kappa shape index (κ3) is 5.26. The second kappa shape index (κ2) is 9.61. The van der Waals surface area contributed by atoms with Gasteiger partial charge >= 0.3 is 0 Å². The first-order valence-electron chi connectivity index (χ1n) is 10.3. The van der Waals surface area contributed by atoms with E-state index in [0.29, 0.717) is 12.5 Å². The predicted octanol–water partition coefficient (Wildman–Crippen LogP) is 5.76. The molecule has 1 saturated carbocycles. The second-order valence-electron chi connectivity index (χ2n) is 7.89. The minimum Gasteiger partial charge on any atom is -0.373 e. The van der Waals surface area contributed by atoms with Crippen LogP contribution in [-0.4, -0.2) is 18.5 Å². The molecular weight excluding hydrogens is 342 g/mol. The van der Waals surface area contributed by atoms with Gasteiger partial charge in [-0.1, -0.05) is 62.8 Å². The zero-order valence-corrected chi connectivity index (χ0v) is 17.1. The van der Waals surface area contributed by atoms with Crippen molar-refractivity contribution in [3.05, 3.63) is 78.6 Å². The van der Waals surface area contributed by atoms with Crippen molar-refractivity contribution in [2.75, 3.05) is 18.9 Å². The van der Waals surface area contributed by atoms with Gasteiger partial charge in [-0.2, -0.15) is 0 Å². The van der Waals surface area contributed by atoms with Gasteiger partial charge in [-0.3, -0.25) is 0 Å². The number of nitrogens with zero attached hydrogens (tertiary/aromatic N) is 1. The number of nitrogens with two attached hydrogens (primary N) is 1. The van der Waals surface area contributed by atoms with E-state index in [4.69, 9.17) is 5.73 Å². The van der Waals surface area contributed by atoms with Crippen LogP contribution in [0.3, 0.4) is 0 Å². The number of hydrogen-bond acceptors (Lipinski definition) is 3. The maximum absolute atomic E-state index is 5.69. The van der Waals surface area contributed by atoms with E-state index in [-0.39, 0.29) is 0 Å². The maximum Gasteiger partial charge on any atom is 0.0423 e. The van der Waals surface area contributed by atoms with Gasteiger partial charge in [-0.05, 0) is 53.6 Å². The first-order valence-corrected chi connectivity index (χ1v) is 10.3. The van der Waals surface area contributed by atoms with Crippen molar-refractivity contribution < 1.29 is 0 Å².